The number of halogens is 1. The molecule has 2 amide bonds. The van der Waals surface area contributed by atoms with E-state index in [9.17, 15) is 9.59 Å². The van der Waals surface area contributed by atoms with E-state index in [1.54, 1.807) is 18.2 Å². The number of amides is 2. The van der Waals surface area contributed by atoms with Gasteiger partial charge in [0.15, 0.2) is 0 Å². The van der Waals surface area contributed by atoms with E-state index >= 15 is 0 Å². The third-order valence-corrected chi connectivity index (χ3v) is 6.02. The van der Waals surface area contributed by atoms with Gasteiger partial charge in [0.2, 0.25) is 5.91 Å². The summed E-state index contributed by atoms with van der Waals surface area (Å²) in [4.78, 5) is 24.8. The quantitative estimate of drug-likeness (QED) is 0.706. The molecule has 0 spiro atoms. The highest BCUT2D eigenvalue weighted by Gasteiger charge is 2.19. The first-order valence-corrected chi connectivity index (χ1v) is 10.4. The van der Waals surface area contributed by atoms with Gasteiger partial charge < -0.3 is 10.6 Å². The van der Waals surface area contributed by atoms with Crippen LogP contribution in [0.5, 0.6) is 0 Å². The van der Waals surface area contributed by atoms with Crippen LogP contribution in [0.3, 0.4) is 0 Å². The number of carbonyl (C=O) groups is 2. The van der Waals surface area contributed by atoms with Gasteiger partial charge >= 0.3 is 0 Å². The Labute approximate surface area is 161 Å². The molecule has 1 aromatic rings. The summed E-state index contributed by atoms with van der Waals surface area (Å²) in [6.45, 7) is 0. The topological polar surface area (TPSA) is 58.2 Å². The van der Waals surface area contributed by atoms with Crippen molar-refractivity contribution in [2.45, 2.75) is 76.7 Å². The first-order valence-electron chi connectivity index (χ1n) is 10.0. The highest BCUT2D eigenvalue weighted by Crippen LogP contribution is 2.29. The van der Waals surface area contributed by atoms with Crippen LogP contribution in [0.2, 0.25) is 5.02 Å². The van der Waals surface area contributed by atoms with Gasteiger partial charge in [0.1, 0.15) is 0 Å². The summed E-state index contributed by atoms with van der Waals surface area (Å²) in [6.07, 6.45) is 12.2. The first kappa shape index (κ1) is 19.2. The second kappa shape index (κ2) is 9.40. The lowest BCUT2D eigenvalue weighted by molar-refractivity contribution is -0.116. The molecule has 0 aliphatic heterocycles. The first-order chi connectivity index (χ1) is 12.6. The Bertz CT molecular complexity index is 635. The van der Waals surface area contributed by atoms with Crippen LogP contribution in [0.1, 0.15) is 81.0 Å². The lowest BCUT2D eigenvalue weighted by Crippen LogP contribution is -2.36. The molecule has 3 rings (SSSR count). The van der Waals surface area contributed by atoms with Crippen LogP contribution in [-0.2, 0) is 4.79 Å². The van der Waals surface area contributed by atoms with Crippen LogP contribution < -0.4 is 10.6 Å². The SMILES string of the molecule is O=C(CCC1CCCC1)Nc1ccc(Cl)c(C(=O)NC2CCCCC2)c1. The minimum Gasteiger partial charge on any atom is -0.349 e. The average molecular weight is 377 g/mol. The number of nitrogens with one attached hydrogen (secondary N) is 2. The maximum absolute atomic E-state index is 12.6. The van der Waals surface area contributed by atoms with Crippen molar-refractivity contribution < 1.29 is 9.59 Å². The van der Waals surface area contributed by atoms with Crippen LogP contribution in [0.15, 0.2) is 18.2 Å². The molecule has 26 heavy (non-hydrogen) atoms. The molecule has 0 aromatic heterocycles. The molecule has 2 aliphatic rings. The lowest BCUT2D eigenvalue weighted by atomic mass is 9.95. The minimum atomic E-state index is -0.149. The van der Waals surface area contributed by atoms with E-state index in [0.29, 0.717) is 28.6 Å². The third-order valence-electron chi connectivity index (χ3n) is 5.69. The van der Waals surface area contributed by atoms with Gasteiger partial charge in [-0.15, -0.1) is 0 Å². The van der Waals surface area contributed by atoms with Crippen LogP contribution >= 0.6 is 11.6 Å². The minimum absolute atomic E-state index is 0.0119. The van der Waals surface area contributed by atoms with Crippen molar-refractivity contribution >= 4 is 29.1 Å². The molecular formula is C21H29ClN2O2. The van der Waals surface area contributed by atoms with Gasteiger partial charge in [-0.25, -0.2) is 0 Å². The maximum Gasteiger partial charge on any atom is 0.253 e. The molecule has 0 saturated heterocycles. The fourth-order valence-electron chi connectivity index (χ4n) is 4.14. The van der Waals surface area contributed by atoms with Gasteiger partial charge in [-0.2, -0.15) is 0 Å². The molecule has 0 bridgehead atoms. The van der Waals surface area contributed by atoms with Gasteiger partial charge in [0, 0.05) is 18.2 Å². The van der Waals surface area contributed by atoms with E-state index in [1.807, 2.05) is 0 Å². The summed E-state index contributed by atoms with van der Waals surface area (Å²) >= 11 is 6.22. The van der Waals surface area contributed by atoms with Crippen molar-refractivity contribution in [1.29, 1.82) is 0 Å². The Morgan fingerprint density at radius 3 is 2.42 bits per heavy atom. The zero-order valence-electron chi connectivity index (χ0n) is 15.4. The van der Waals surface area contributed by atoms with Gasteiger partial charge in [0.05, 0.1) is 10.6 Å². The van der Waals surface area contributed by atoms with Crippen LogP contribution in [0, 0.1) is 5.92 Å². The van der Waals surface area contributed by atoms with Crippen molar-refractivity contribution in [3.63, 3.8) is 0 Å². The summed E-state index contributed by atoms with van der Waals surface area (Å²) in [6, 6.07) is 5.36. The van der Waals surface area contributed by atoms with Crippen molar-refractivity contribution in [1.82, 2.24) is 5.32 Å². The molecule has 1 aromatic carbocycles. The highest BCUT2D eigenvalue weighted by molar-refractivity contribution is 6.34. The van der Waals surface area contributed by atoms with E-state index in [1.165, 1.54) is 32.1 Å². The fraction of sp³-hybridized carbons (Fsp3) is 0.619. The summed E-state index contributed by atoms with van der Waals surface area (Å²) < 4.78 is 0. The molecule has 0 unspecified atom stereocenters. The average Bonchev–Trinajstić information content (AvgIpc) is 3.16. The van der Waals surface area contributed by atoms with Crippen molar-refractivity contribution in [2.75, 3.05) is 5.32 Å². The second-order valence-electron chi connectivity index (χ2n) is 7.74. The Kier molecular flexibility index (Phi) is 6.95. The summed E-state index contributed by atoms with van der Waals surface area (Å²) in [5.74, 6) is 0.560. The second-order valence-corrected chi connectivity index (χ2v) is 8.15. The van der Waals surface area contributed by atoms with Gasteiger partial charge in [-0.05, 0) is 43.4 Å². The highest BCUT2D eigenvalue weighted by atomic mass is 35.5. The summed E-state index contributed by atoms with van der Waals surface area (Å²) in [5.41, 5.74) is 1.07. The van der Waals surface area contributed by atoms with Crippen molar-refractivity contribution in [3.05, 3.63) is 28.8 Å². The fourth-order valence-corrected chi connectivity index (χ4v) is 4.35. The Hall–Kier alpha value is -1.55. The number of rotatable bonds is 6. The molecule has 2 saturated carbocycles. The molecule has 2 N–H and O–H groups in total. The van der Waals surface area contributed by atoms with Gasteiger partial charge in [-0.3, -0.25) is 9.59 Å². The summed E-state index contributed by atoms with van der Waals surface area (Å²) in [5, 5.41) is 6.42. The molecule has 0 radical (unpaired) electrons. The Morgan fingerprint density at radius 1 is 1.00 bits per heavy atom. The van der Waals surface area contributed by atoms with Gasteiger partial charge in [-0.1, -0.05) is 56.5 Å². The molecule has 4 nitrogen and oxygen atoms in total. The van der Waals surface area contributed by atoms with Crippen LogP contribution in [0.25, 0.3) is 0 Å². The zero-order chi connectivity index (χ0) is 18.4. The van der Waals surface area contributed by atoms with Crippen molar-refractivity contribution in [2.24, 2.45) is 5.92 Å². The number of anilines is 1. The number of hydrogen-bond donors (Lipinski definition) is 2. The molecule has 0 heterocycles. The molecule has 2 aliphatic carbocycles. The van der Waals surface area contributed by atoms with E-state index in [0.717, 1.165) is 32.1 Å². The number of hydrogen-bond acceptors (Lipinski definition) is 2. The zero-order valence-corrected chi connectivity index (χ0v) is 16.1. The standard InChI is InChI=1S/C21H29ClN2O2/c22-19-12-11-17(23-20(25)13-10-15-6-4-5-7-15)14-18(19)21(26)24-16-8-2-1-3-9-16/h11-12,14-16H,1-10,13H2,(H,23,25)(H,24,26). The van der Waals surface area contributed by atoms with E-state index in [4.69, 9.17) is 11.6 Å². The monoisotopic (exact) mass is 376 g/mol. The largest absolute Gasteiger partial charge is 0.349 e. The van der Waals surface area contributed by atoms with E-state index < -0.39 is 0 Å². The van der Waals surface area contributed by atoms with Crippen LogP contribution in [0.4, 0.5) is 5.69 Å². The van der Waals surface area contributed by atoms with Crippen molar-refractivity contribution in [3.8, 4) is 0 Å². The lowest BCUT2D eigenvalue weighted by Gasteiger charge is -2.23. The normalized spacial score (nSPS) is 18.7. The number of carbonyl (C=O) groups excluding carboxylic acids is 2. The third kappa shape index (κ3) is 5.47. The molecule has 2 fully saturated rings. The predicted molar refractivity (Wildman–Crippen MR) is 106 cm³/mol. The van der Waals surface area contributed by atoms with E-state index in [-0.39, 0.29) is 17.9 Å². The van der Waals surface area contributed by atoms with Gasteiger partial charge in [0.25, 0.3) is 5.91 Å². The summed E-state index contributed by atoms with van der Waals surface area (Å²) in [7, 11) is 0. The van der Waals surface area contributed by atoms with Crippen LogP contribution in [-0.4, -0.2) is 17.9 Å². The molecule has 0 atom stereocenters. The predicted octanol–water partition coefficient (Wildman–Crippen LogP) is 5.31. The maximum atomic E-state index is 12.6. The number of benzene rings is 1. The Balaban J connectivity index is 1.55. The van der Waals surface area contributed by atoms with E-state index in [2.05, 4.69) is 10.6 Å². The molecular weight excluding hydrogens is 348 g/mol. The molecule has 5 heteroatoms. The Morgan fingerprint density at radius 2 is 1.69 bits per heavy atom. The smallest absolute Gasteiger partial charge is 0.253 e. The molecule has 142 valence electrons.